The van der Waals surface area contributed by atoms with Gasteiger partial charge in [0, 0.05) is 0 Å². The number of aryl methyl sites for hydroxylation is 3. The first-order valence-corrected chi connectivity index (χ1v) is 7.32. The van der Waals surface area contributed by atoms with Gasteiger partial charge < -0.3 is 10.0 Å². The van der Waals surface area contributed by atoms with E-state index in [9.17, 15) is 5.11 Å². The van der Waals surface area contributed by atoms with E-state index >= 15 is 0 Å². The van der Waals surface area contributed by atoms with Crippen molar-refractivity contribution < 1.29 is 5.11 Å². The molecule has 19 heavy (non-hydrogen) atoms. The fourth-order valence-corrected chi connectivity index (χ4v) is 3.52. The van der Waals surface area contributed by atoms with E-state index in [2.05, 4.69) is 51.9 Å². The lowest BCUT2D eigenvalue weighted by Crippen LogP contribution is -2.47. The van der Waals surface area contributed by atoms with Gasteiger partial charge in [-0.05, 0) is 70.0 Å². The molecular weight excluding hydrogens is 234 g/mol. The van der Waals surface area contributed by atoms with Gasteiger partial charge in [0.2, 0.25) is 0 Å². The Morgan fingerprint density at radius 1 is 1.00 bits per heavy atom. The topological polar surface area (TPSA) is 23.5 Å². The summed E-state index contributed by atoms with van der Waals surface area (Å²) in [7, 11) is 4.20. The van der Waals surface area contributed by atoms with Crippen LogP contribution in [0, 0.1) is 20.8 Å². The van der Waals surface area contributed by atoms with Gasteiger partial charge >= 0.3 is 0 Å². The van der Waals surface area contributed by atoms with E-state index in [-0.39, 0.29) is 11.6 Å². The molecule has 1 N–H and O–H groups in total. The highest BCUT2D eigenvalue weighted by Crippen LogP contribution is 2.44. The minimum absolute atomic E-state index is 0.0769. The monoisotopic (exact) mass is 261 g/mol. The molecular formula is C17H27NO. The summed E-state index contributed by atoms with van der Waals surface area (Å²) in [6.45, 7) is 6.38. The normalized spacial score (nSPS) is 19.9. The molecule has 1 atom stereocenters. The summed E-state index contributed by atoms with van der Waals surface area (Å²) in [5.74, 6) is 0. The Morgan fingerprint density at radius 2 is 1.53 bits per heavy atom. The fraction of sp³-hybridized carbons (Fsp3) is 0.647. The highest BCUT2D eigenvalue weighted by atomic mass is 16.3. The second kappa shape index (κ2) is 5.26. The van der Waals surface area contributed by atoms with Gasteiger partial charge in [-0.15, -0.1) is 0 Å². The molecule has 0 heterocycles. The van der Waals surface area contributed by atoms with Crippen LogP contribution < -0.4 is 0 Å². The second-order valence-corrected chi connectivity index (χ2v) is 6.40. The summed E-state index contributed by atoms with van der Waals surface area (Å²) in [5, 5.41) is 11.0. The van der Waals surface area contributed by atoms with Gasteiger partial charge in [0.05, 0.1) is 11.6 Å². The minimum atomic E-state index is -0.385. The van der Waals surface area contributed by atoms with E-state index in [1.54, 1.807) is 0 Å². The number of hydrogen-bond donors (Lipinski definition) is 1. The van der Waals surface area contributed by atoms with Crippen molar-refractivity contribution in [2.45, 2.75) is 58.1 Å². The zero-order valence-corrected chi connectivity index (χ0v) is 13.0. The highest BCUT2D eigenvalue weighted by molar-refractivity contribution is 5.39. The van der Waals surface area contributed by atoms with Gasteiger partial charge in [0.1, 0.15) is 0 Å². The van der Waals surface area contributed by atoms with E-state index in [1.807, 2.05) is 0 Å². The van der Waals surface area contributed by atoms with Crippen molar-refractivity contribution in [3.8, 4) is 0 Å². The molecule has 0 spiro atoms. The zero-order valence-electron chi connectivity index (χ0n) is 13.0. The van der Waals surface area contributed by atoms with Crippen LogP contribution in [0.4, 0.5) is 0 Å². The predicted octanol–water partition coefficient (Wildman–Crippen LogP) is 3.52. The summed E-state index contributed by atoms with van der Waals surface area (Å²) >= 11 is 0. The molecule has 1 aliphatic carbocycles. The van der Waals surface area contributed by atoms with Crippen LogP contribution in [0.15, 0.2) is 12.1 Å². The molecule has 0 bridgehead atoms. The van der Waals surface area contributed by atoms with Crippen molar-refractivity contribution in [1.29, 1.82) is 0 Å². The molecule has 1 aromatic rings. The quantitative estimate of drug-likeness (QED) is 0.900. The third-order valence-electron chi connectivity index (χ3n) is 5.05. The second-order valence-electron chi connectivity index (χ2n) is 6.40. The summed E-state index contributed by atoms with van der Waals surface area (Å²) in [6, 6.07) is 4.38. The molecule has 2 rings (SSSR count). The molecule has 1 unspecified atom stereocenters. The maximum Gasteiger partial charge on any atom is 0.0976 e. The summed E-state index contributed by atoms with van der Waals surface area (Å²) in [5.41, 5.74) is 4.82. The molecule has 2 heteroatoms. The van der Waals surface area contributed by atoms with Crippen molar-refractivity contribution in [1.82, 2.24) is 4.90 Å². The van der Waals surface area contributed by atoms with Crippen LogP contribution in [0.1, 0.15) is 54.0 Å². The van der Waals surface area contributed by atoms with Gasteiger partial charge in [-0.1, -0.05) is 25.0 Å². The number of rotatable bonds is 3. The number of hydrogen-bond acceptors (Lipinski definition) is 2. The van der Waals surface area contributed by atoms with E-state index in [4.69, 9.17) is 0 Å². The summed E-state index contributed by atoms with van der Waals surface area (Å²) in [6.07, 6.45) is 4.24. The van der Waals surface area contributed by atoms with Crippen LogP contribution in [0.25, 0.3) is 0 Å². The third kappa shape index (κ3) is 2.44. The van der Waals surface area contributed by atoms with E-state index in [1.165, 1.54) is 29.5 Å². The molecule has 0 aliphatic heterocycles. The predicted molar refractivity (Wildman–Crippen MR) is 80.5 cm³/mol. The Labute approximate surface area is 117 Å². The Hall–Kier alpha value is -0.860. The lowest BCUT2D eigenvalue weighted by atomic mass is 9.82. The van der Waals surface area contributed by atoms with Crippen molar-refractivity contribution in [3.05, 3.63) is 34.4 Å². The maximum atomic E-state index is 11.0. The van der Waals surface area contributed by atoms with Crippen LogP contribution in [-0.4, -0.2) is 29.6 Å². The molecule has 0 saturated heterocycles. The van der Waals surface area contributed by atoms with Crippen molar-refractivity contribution in [2.24, 2.45) is 0 Å². The lowest BCUT2D eigenvalue weighted by molar-refractivity contribution is -0.00513. The molecule has 1 saturated carbocycles. The Morgan fingerprint density at radius 3 is 2.05 bits per heavy atom. The Kier molecular flexibility index (Phi) is 4.03. The van der Waals surface area contributed by atoms with Crippen molar-refractivity contribution >= 4 is 0 Å². The maximum absolute atomic E-state index is 11.0. The largest absolute Gasteiger partial charge is 0.386 e. The van der Waals surface area contributed by atoms with Gasteiger partial charge in [0.25, 0.3) is 0 Å². The molecule has 0 aromatic heterocycles. The first kappa shape index (κ1) is 14.5. The van der Waals surface area contributed by atoms with E-state index in [0.29, 0.717) is 0 Å². The molecule has 2 nitrogen and oxygen atoms in total. The highest BCUT2D eigenvalue weighted by Gasteiger charge is 2.43. The van der Waals surface area contributed by atoms with Gasteiger partial charge in [-0.3, -0.25) is 0 Å². The number of nitrogens with zero attached hydrogens (tertiary/aromatic N) is 1. The summed E-state index contributed by atoms with van der Waals surface area (Å²) < 4.78 is 0. The van der Waals surface area contributed by atoms with Gasteiger partial charge in [0.15, 0.2) is 0 Å². The van der Waals surface area contributed by atoms with Crippen molar-refractivity contribution in [3.63, 3.8) is 0 Å². The SMILES string of the molecule is Cc1cc(C)c(C(O)C2(N(C)C)CCCC2)cc1C. The molecule has 1 fully saturated rings. The molecule has 0 amide bonds. The standard InChI is InChI=1S/C17H27NO/c1-12-10-14(3)15(11-13(12)2)16(19)17(18(4)5)8-6-7-9-17/h10-11,16,19H,6-9H2,1-5H3. The van der Waals surface area contributed by atoms with Crippen LogP contribution in [-0.2, 0) is 0 Å². The first-order chi connectivity index (χ1) is 8.88. The summed E-state index contributed by atoms with van der Waals surface area (Å²) in [4.78, 5) is 2.24. The van der Waals surface area contributed by atoms with Crippen LogP contribution in [0.5, 0.6) is 0 Å². The third-order valence-corrected chi connectivity index (χ3v) is 5.05. The number of aliphatic hydroxyl groups is 1. The Balaban J connectivity index is 2.43. The number of benzene rings is 1. The molecule has 0 radical (unpaired) electrons. The van der Waals surface area contributed by atoms with Crippen LogP contribution in [0.3, 0.4) is 0 Å². The van der Waals surface area contributed by atoms with Crippen LogP contribution in [0.2, 0.25) is 0 Å². The lowest BCUT2D eigenvalue weighted by Gasteiger charge is -2.41. The average molecular weight is 261 g/mol. The first-order valence-electron chi connectivity index (χ1n) is 7.32. The zero-order chi connectivity index (χ0) is 14.2. The van der Waals surface area contributed by atoms with Crippen LogP contribution >= 0.6 is 0 Å². The molecule has 1 aliphatic rings. The fourth-order valence-electron chi connectivity index (χ4n) is 3.52. The van der Waals surface area contributed by atoms with E-state index in [0.717, 1.165) is 18.4 Å². The number of likely N-dealkylation sites (N-methyl/N-ethyl adjacent to an activating group) is 1. The van der Waals surface area contributed by atoms with Crippen molar-refractivity contribution in [2.75, 3.05) is 14.1 Å². The number of aliphatic hydroxyl groups excluding tert-OH is 1. The van der Waals surface area contributed by atoms with Gasteiger partial charge in [-0.2, -0.15) is 0 Å². The molecule has 1 aromatic carbocycles. The van der Waals surface area contributed by atoms with Gasteiger partial charge in [-0.25, -0.2) is 0 Å². The average Bonchev–Trinajstić information content (AvgIpc) is 2.83. The smallest absolute Gasteiger partial charge is 0.0976 e. The molecule has 106 valence electrons. The minimum Gasteiger partial charge on any atom is -0.386 e. The van der Waals surface area contributed by atoms with E-state index < -0.39 is 0 Å². The Bertz CT molecular complexity index is 459.